The fourth-order valence-electron chi connectivity index (χ4n) is 2.97. The van der Waals surface area contributed by atoms with Crippen LogP contribution in [-0.2, 0) is 4.79 Å². The molecule has 1 aromatic rings. The number of aliphatic hydroxyl groups is 1. The van der Waals surface area contributed by atoms with Crippen molar-refractivity contribution < 1.29 is 14.7 Å². The fraction of sp³-hybridized carbons (Fsp3) is 0.600. The summed E-state index contributed by atoms with van der Waals surface area (Å²) in [6.07, 6.45) is 2.15. The van der Waals surface area contributed by atoms with E-state index in [1.54, 1.807) is 18.2 Å². The summed E-state index contributed by atoms with van der Waals surface area (Å²) in [6, 6.07) is 7.15. The summed E-state index contributed by atoms with van der Waals surface area (Å²) in [6.45, 7) is 7.83. The third kappa shape index (κ3) is 5.56. The molecule has 2 amide bonds. The molecule has 1 aromatic carbocycles. The molecule has 0 radical (unpaired) electrons. The van der Waals surface area contributed by atoms with Crippen LogP contribution in [0.3, 0.4) is 0 Å². The number of amides is 2. The van der Waals surface area contributed by atoms with E-state index in [-0.39, 0.29) is 18.4 Å². The van der Waals surface area contributed by atoms with E-state index >= 15 is 0 Å². The number of nitrogens with zero attached hydrogens (tertiary/aromatic N) is 1. The molecule has 1 saturated heterocycles. The molecule has 2 N–H and O–H groups in total. The maximum atomic E-state index is 12.7. The first kappa shape index (κ1) is 19.4. The van der Waals surface area contributed by atoms with Crippen molar-refractivity contribution in [1.82, 2.24) is 4.90 Å². The van der Waals surface area contributed by atoms with Gasteiger partial charge in [-0.05, 0) is 48.8 Å². The minimum atomic E-state index is -0.0189. The molecule has 0 aromatic heterocycles. The topological polar surface area (TPSA) is 69.6 Å². The number of nitrogens with one attached hydrogen (secondary N) is 1. The van der Waals surface area contributed by atoms with Crippen LogP contribution in [0.2, 0.25) is 0 Å². The van der Waals surface area contributed by atoms with Gasteiger partial charge in [-0.3, -0.25) is 9.59 Å². The highest BCUT2D eigenvalue weighted by Crippen LogP contribution is 2.20. The van der Waals surface area contributed by atoms with Crippen LogP contribution in [0.25, 0.3) is 0 Å². The quantitative estimate of drug-likeness (QED) is 0.831. The van der Waals surface area contributed by atoms with Gasteiger partial charge in [0, 0.05) is 37.4 Å². The van der Waals surface area contributed by atoms with Gasteiger partial charge < -0.3 is 15.3 Å². The van der Waals surface area contributed by atoms with E-state index in [2.05, 4.69) is 26.1 Å². The lowest BCUT2D eigenvalue weighted by Crippen LogP contribution is -2.39. The molecule has 1 heterocycles. The number of carbonyl (C=O) groups is 2. The lowest BCUT2D eigenvalue weighted by molar-refractivity contribution is -0.117. The van der Waals surface area contributed by atoms with Gasteiger partial charge >= 0.3 is 0 Å². The van der Waals surface area contributed by atoms with Crippen molar-refractivity contribution in [2.45, 2.75) is 40.0 Å². The van der Waals surface area contributed by atoms with Gasteiger partial charge in [0.1, 0.15) is 0 Å². The van der Waals surface area contributed by atoms with Crippen molar-refractivity contribution >= 4 is 17.5 Å². The van der Waals surface area contributed by atoms with Gasteiger partial charge in [-0.1, -0.05) is 26.8 Å². The molecule has 0 saturated carbocycles. The predicted octanol–water partition coefficient (Wildman–Crippen LogP) is 3.15. The van der Waals surface area contributed by atoms with E-state index in [0.717, 1.165) is 12.8 Å². The van der Waals surface area contributed by atoms with Gasteiger partial charge in [0.25, 0.3) is 5.91 Å². The normalized spacial score (nSPS) is 16.8. The maximum Gasteiger partial charge on any atom is 0.253 e. The summed E-state index contributed by atoms with van der Waals surface area (Å²) in [5.41, 5.74) is 1.26. The third-order valence-electron chi connectivity index (χ3n) is 5.20. The molecule has 5 heteroatoms. The summed E-state index contributed by atoms with van der Waals surface area (Å²) >= 11 is 0. The van der Waals surface area contributed by atoms with Crippen molar-refractivity contribution in [3.63, 3.8) is 0 Å². The molecule has 2 rings (SSSR count). The van der Waals surface area contributed by atoms with Gasteiger partial charge in [0.05, 0.1) is 0 Å². The van der Waals surface area contributed by atoms with E-state index < -0.39 is 0 Å². The molecule has 1 aliphatic rings. The molecule has 0 bridgehead atoms. The number of anilines is 1. The molecule has 138 valence electrons. The van der Waals surface area contributed by atoms with Crippen molar-refractivity contribution in [2.75, 3.05) is 25.0 Å². The summed E-state index contributed by atoms with van der Waals surface area (Å²) in [7, 11) is 0. The van der Waals surface area contributed by atoms with Gasteiger partial charge in [-0.2, -0.15) is 0 Å². The van der Waals surface area contributed by atoms with E-state index in [9.17, 15) is 14.7 Å². The Morgan fingerprint density at radius 2 is 1.92 bits per heavy atom. The first-order chi connectivity index (χ1) is 11.9. The zero-order valence-corrected chi connectivity index (χ0v) is 15.5. The predicted molar refractivity (Wildman–Crippen MR) is 99.4 cm³/mol. The molecule has 5 nitrogen and oxygen atoms in total. The molecule has 25 heavy (non-hydrogen) atoms. The van der Waals surface area contributed by atoms with Gasteiger partial charge in [-0.15, -0.1) is 0 Å². The van der Waals surface area contributed by atoms with Crippen LogP contribution in [0.4, 0.5) is 5.69 Å². The van der Waals surface area contributed by atoms with E-state index in [0.29, 0.717) is 48.5 Å². The molecule has 0 spiro atoms. The van der Waals surface area contributed by atoms with Crippen LogP contribution in [0, 0.1) is 17.8 Å². The van der Waals surface area contributed by atoms with Gasteiger partial charge in [0.15, 0.2) is 0 Å². The largest absolute Gasteiger partial charge is 0.396 e. The highest BCUT2D eigenvalue weighted by molar-refractivity contribution is 5.97. The maximum absolute atomic E-state index is 12.7. The molecule has 1 aliphatic heterocycles. The third-order valence-corrected chi connectivity index (χ3v) is 5.20. The second kappa shape index (κ2) is 8.99. The molecule has 0 aliphatic carbocycles. The molecule has 1 fully saturated rings. The number of benzene rings is 1. The minimum absolute atomic E-state index is 0.0111. The molecule has 1 atom stereocenters. The standard InChI is InChI=1S/C20H30N2O3/c1-14(2)15(3)11-19(24)21-18-6-4-5-17(12-18)20(25)22-9-7-16(13-23)8-10-22/h4-6,12,14-16,23H,7-11,13H2,1-3H3,(H,21,24). The second-order valence-electron chi connectivity index (χ2n) is 7.47. The lowest BCUT2D eigenvalue weighted by Gasteiger charge is -2.31. The zero-order chi connectivity index (χ0) is 18.4. The number of piperidine rings is 1. The van der Waals surface area contributed by atoms with E-state index in [4.69, 9.17) is 0 Å². The molecule has 1 unspecified atom stereocenters. The first-order valence-electron chi connectivity index (χ1n) is 9.20. The number of hydrogen-bond donors (Lipinski definition) is 2. The van der Waals surface area contributed by atoms with Gasteiger partial charge in [-0.25, -0.2) is 0 Å². The van der Waals surface area contributed by atoms with Crippen molar-refractivity contribution in [2.24, 2.45) is 17.8 Å². The Kier molecular flexibility index (Phi) is 7.00. The fourth-order valence-corrected chi connectivity index (χ4v) is 2.97. The average molecular weight is 346 g/mol. The minimum Gasteiger partial charge on any atom is -0.396 e. The Balaban J connectivity index is 1.96. The van der Waals surface area contributed by atoms with Crippen molar-refractivity contribution in [1.29, 1.82) is 0 Å². The Morgan fingerprint density at radius 1 is 1.24 bits per heavy atom. The Morgan fingerprint density at radius 3 is 2.52 bits per heavy atom. The van der Waals surface area contributed by atoms with Crippen LogP contribution in [0.5, 0.6) is 0 Å². The monoisotopic (exact) mass is 346 g/mol. The van der Waals surface area contributed by atoms with E-state index in [1.807, 2.05) is 11.0 Å². The first-order valence-corrected chi connectivity index (χ1v) is 9.20. The zero-order valence-electron chi connectivity index (χ0n) is 15.5. The second-order valence-corrected chi connectivity index (χ2v) is 7.47. The summed E-state index contributed by atoms with van der Waals surface area (Å²) < 4.78 is 0. The van der Waals surface area contributed by atoms with Crippen LogP contribution in [0.1, 0.15) is 50.4 Å². The van der Waals surface area contributed by atoms with Crippen LogP contribution in [0.15, 0.2) is 24.3 Å². The molecular weight excluding hydrogens is 316 g/mol. The van der Waals surface area contributed by atoms with Gasteiger partial charge in [0.2, 0.25) is 5.91 Å². The summed E-state index contributed by atoms with van der Waals surface area (Å²) in [5, 5.41) is 12.1. The number of carbonyl (C=O) groups excluding carboxylic acids is 2. The highest BCUT2D eigenvalue weighted by Gasteiger charge is 2.23. The lowest BCUT2D eigenvalue weighted by atomic mass is 9.94. The SMILES string of the molecule is CC(C)C(C)CC(=O)Nc1cccc(C(=O)N2CCC(CO)CC2)c1. The number of hydrogen-bond acceptors (Lipinski definition) is 3. The highest BCUT2D eigenvalue weighted by atomic mass is 16.3. The Bertz CT molecular complexity index is 592. The Hall–Kier alpha value is -1.88. The number of aliphatic hydroxyl groups excluding tert-OH is 1. The Labute approximate surface area is 150 Å². The van der Waals surface area contributed by atoms with Crippen LogP contribution in [-0.4, -0.2) is 41.5 Å². The van der Waals surface area contributed by atoms with Crippen LogP contribution >= 0.6 is 0 Å². The van der Waals surface area contributed by atoms with Crippen LogP contribution < -0.4 is 5.32 Å². The summed E-state index contributed by atoms with van der Waals surface area (Å²) in [5.74, 6) is 1.05. The smallest absolute Gasteiger partial charge is 0.253 e. The molecular formula is C20H30N2O3. The van der Waals surface area contributed by atoms with E-state index in [1.165, 1.54) is 0 Å². The van der Waals surface area contributed by atoms with Crippen molar-refractivity contribution in [3.8, 4) is 0 Å². The number of rotatable bonds is 6. The van der Waals surface area contributed by atoms with Crippen molar-refractivity contribution in [3.05, 3.63) is 29.8 Å². The average Bonchev–Trinajstić information content (AvgIpc) is 2.61. The number of likely N-dealkylation sites (tertiary alicyclic amines) is 1. The summed E-state index contributed by atoms with van der Waals surface area (Å²) in [4.78, 5) is 26.6.